The van der Waals surface area contributed by atoms with Crippen molar-refractivity contribution in [1.82, 2.24) is 5.32 Å². The number of hydrogen-bond donors (Lipinski definition) is 2. The topological polar surface area (TPSA) is 67.8 Å². The number of ether oxygens (including phenoxy) is 2. The lowest BCUT2D eigenvalue weighted by Gasteiger charge is -2.53. The monoisotopic (exact) mass is 387 g/mol. The van der Waals surface area contributed by atoms with Gasteiger partial charge >= 0.3 is 0 Å². The van der Waals surface area contributed by atoms with E-state index in [1.165, 1.54) is 0 Å². The van der Waals surface area contributed by atoms with Crippen molar-refractivity contribution < 1.29 is 19.4 Å². The van der Waals surface area contributed by atoms with Crippen LogP contribution in [0.2, 0.25) is 0 Å². The van der Waals surface area contributed by atoms with Gasteiger partial charge in [-0.15, -0.1) is 0 Å². The van der Waals surface area contributed by atoms with Gasteiger partial charge in [0, 0.05) is 30.7 Å². The van der Waals surface area contributed by atoms with Crippen LogP contribution in [0.4, 0.5) is 0 Å². The molecule has 5 nitrogen and oxygen atoms in total. The fourth-order valence-corrected chi connectivity index (χ4v) is 6.45. The molecule has 1 aliphatic heterocycles. The Morgan fingerprint density at radius 1 is 1.39 bits per heavy atom. The molecule has 0 radical (unpaired) electrons. The summed E-state index contributed by atoms with van der Waals surface area (Å²) in [6, 6.07) is 5.64. The van der Waals surface area contributed by atoms with Gasteiger partial charge in [-0.05, 0) is 60.5 Å². The van der Waals surface area contributed by atoms with Crippen molar-refractivity contribution in [3.8, 4) is 11.5 Å². The quantitative estimate of drug-likeness (QED) is 0.795. The SMILES string of the molecule is CCCC(=O)N[C@H]1C(C)(C)[C@@H]2C[C@@H]3[C@@H](c4ccc(OC)cc4O)OCC[C@@]31C2. The molecule has 1 heterocycles. The van der Waals surface area contributed by atoms with Crippen molar-refractivity contribution in [2.24, 2.45) is 22.7 Å². The highest BCUT2D eigenvalue weighted by molar-refractivity contribution is 5.76. The molecule has 3 fully saturated rings. The number of phenols is 1. The maximum absolute atomic E-state index is 12.5. The van der Waals surface area contributed by atoms with Gasteiger partial charge in [-0.25, -0.2) is 0 Å². The number of amides is 1. The number of phenolic OH excluding ortho intramolecular Hbond substituents is 1. The van der Waals surface area contributed by atoms with Crippen molar-refractivity contribution in [3.05, 3.63) is 23.8 Å². The molecule has 1 saturated heterocycles. The van der Waals surface area contributed by atoms with Crippen molar-refractivity contribution in [3.63, 3.8) is 0 Å². The third-order valence-corrected chi connectivity index (χ3v) is 7.83. The summed E-state index contributed by atoms with van der Waals surface area (Å²) >= 11 is 0. The van der Waals surface area contributed by atoms with Crippen LogP contribution in [-0.2, 0) is 9.53 Å². The van der Waals surface area contributed by atoms with Gasteiger partial charge in [-0.3, -0.25) is 4.79 Å². The molecule has 0 aromatic heterocycles. The van der Waals surface area contributed by atoms with Crippen molar-refractivity contribution in [2.75, 3.05) is 13.7 Å². The first-order chi connectivity index (χ1) is 13.3. The molecule has 5 atom stereocenters. The van der Waals surface area contributed by atoms with E-state index in [2.05, 4.69) is 19.2 Å². The lowest BCUT2D eigenvalue weighted by atomic mass is 9.58. The number of rotatable bonds is 5. The van der Waals surface area contributed by atoms with E-state index < -0.39 is 0 Å². The van der Waals surface area contributed by atoms with E-state index in [-0.39, 0.29) is 34.6 Å². The molecular formula is C23H33NO4. The van der Waals surface area contributed by atoms with E-state index >= 15 is 0 Å². The second-order valence-corrected chi connectivity index (χ2v) is 9.51. The van der Waals surface area contributed by atoms with Gasteiger partial charge in [0.05, 0.1) is 13.2 Å². The summed E-state index contributed by atoms with van der Waals surface area (Å²) in [6.45, 7) is 7.34. The minimum Gasteiger partial charge on any atom is -0.507 e. The summed E-state index contributed by atoms with van der Waals surface area (Å²) in [5, 5.41) is 14.0. The third-order valence-electron chi connectivity index (χ3n) is 7.83. The standard InChI is InChI=1S/C23H33NO4/c1-5-6-19(26)24-21-22(2,3)14-11-17-20(28-10-9-23(17,21)13-14)16-8-7-15(27-4)12-18(16)25/h7-8,12,14,17,20-21,25H,5-6,9-11,13H2,1-4H3,(H,24,26)/t14-,17-,20-,21+,23-/m1/s1. The zero-order valence-corrected chi connectivity index (χ0v) is 17.5. The number of nitrogens with one attached hydrogen (secondary N) is 1. The smallest absolute Gasteiger partial charge is 0.220 e. The summed E-state index contributed by atoms with van der Waals surface area (Å²) in [5.41, 5.74) is 0.977. The highest BCUT2D eigenvalue weighted by Gasteiger charge is 2.68. The average Bonchev–Trinajstić information content (AvgIpc) is 3.15. The Morgan fingerprint density at radius 3 is 2.86 bits per heavy atom. The minimum absolute atomic E-state index is 0.0485. The maximum Gasteiger partial charge on any atom is 0.220 e. The van der Waals surface area contributed by atoms with E-state index in [1.54, 1.807) is 13.2 Å². The highest BCUT2D eigenvalue weighted by Crippen LogP contribution is 2.70. The van der Waals surface area contributed by atoms with Crippen LogP contribution >= 0.6 is 0 Å². The van der Waals surface area contributed by atoms with Crippen LogP contribution in [0.1, 0.15) is 64.5 Å². The molecule has 5 heteroatoms. The number of hydrogen-bond acceptors (Lipinski definition) is 4. The summed E-state index contributed by atoms with van der Waals surface area (Å²) in [7, 11) is 1.60. The molecule has 2 N–H and O–H groups in total. The Morgan fingerprint density at radius 2 is 2.18 bits per heavy atom. The Labute approximate surface area is 167 Å². The molecular weight excluding hydrogens is 354 g/mol. The lowest BCUT2D eigenvalue weighted by Crippen LogP contribution is -2.58. The van der Waals surface area contributed by atoms with Crippen LogP contribution in [0.25, 0.3) is 0 Å². The molecule has 154 valence electrons. The van der Waals surface area contributed by atoms with Crippen molar-refractivity contribution >= 4 is 5.91 Å². The summed E-state index contributed by atoms with van der Waals surface area (Å²) in [6.07, 6.45) is 4.51. The van der Waals surface area contributed by atoms with Crippen molar-refractivity contribution in [2.45, 2.75) is 65.0 Å². The Balaban J connectivity index is 1.67. The Bertz CT molecular complexity index is 761. The van der Waals surface area contributed by atoms with Gasteiger partial charge < -0.3 is 19.9 Å². The molecule has 1 aromatic rings. The number of carbonyl (C=O) groups is 1. The first-order valence-electron chi connectivity index (χ1n) is 10.6. The van der Waals surface area contributed by atoms with Crippen LogP contribution in [0.15, 0.2) is 18.2 Å². The Kier molecular flexibility index (Phi) is 4.85. The third kappa shape index (κ3) is 2.81. The zero-order valence-electron chi connectivity index (χ0n) is 17.5. The number of aromatic hydroxyl groups is 1. The van der Waals surface area contributed by atoms with Gasteiger partial charge in [0.25, 0.3) is 0 Å². The number of methoxy groups -OCH3 is 1. The molecule has 1 amide bonds. The molecule has 1 spiro atoms. The minimum atomic E-state index is -0.133. The summed E-state index contributed by atoms with van der Waals surface area (Å²) in [5.74, 6) is 1.91. The Hall–Kier alpha value is -1.75. The van der Waals surface area contributed by atoms with E-state index in [4.69, 9.17) is 9.47 Å². The first kappa shape index (κ1) is 19.6. The maximum atomic E-state index is 12.5. The molecule has 0 unspecified atom stereocenters. The molecule has 28 heavy (non-hydrogen) atoms. The zero-order chi connectivity index (χ0) is 20.1. The van der Waals surface area contributed by atoms with Crippen LogP contribution in [0.3, 0.4) is 0 Å². The van der Waals surface area contributed by atoms with E-state index in [0.717, 1.165) is 31.2 Å². The molecule has 2 bridgehead atoms. The van der Waals surface area contributed by atoms with Gasteiger partial charge in [0.2, 0.25) is 5.91 Å². The second kappa shape index (κ2) is 6.94. The van der Waals surface area contributed by atoms with Gasteiger partial charge in [0.15, 0.2) is 0 Å². The van der Waals surface area contributed by atoms with Crippen LogP contribution in [-0.4, -0.2) is 30.8 Å². The van der Waals surface area contributed by atoms with E-state index in [9.17, 15) is 9.90 Å². The van der Waals surface area contributed by atoms with Crippen LogP contribution < -0.4 is 10.1 Å². The summed E-state index contributed by atoms with van der Waals surface area (Å²) in [4.78, 5) is 12.5. The van der Waals surface area contributed by atoms with Crippen LogP contribution in [0, 0.1) is 22.7 Å². The van der Waals surface area contributed by atoms with Gasteiger partial charge in [-0.2, -0.15) is 0 Å². The molecule has 1 aromatic carbocycles. The van der Waals surface area contributed by atoms with Gasteiger partial charge in [0.1, 0.15) is 11.5 Å². The number of carbonyl (C=O) groups excluding carboxylic acids is 1. The normalized spacial score (nSPS) is 35.4. The lowest BCUT2D eigenvalue weighted by molar-refractivity contribution is -0.137. The summed E-state index contributed by atoms with van der Waals surface area (Å²) < 4.78 is 11.5. The largest absolute Gasteiger partial charge is 0.507 e. The molecule has 4 rings (SSSR count). The number of benzene rings is 1. The fraction of sp³-hybridized carbons (Fsp3) is 0.696. The van der Waals surface area contributed by atoms with E-state index in [1.807, 2.05) is 19.1 Å². The fourth-order valence-electron chi connectivity index (χ4n) is 6.45. The number of fused-ring (bicyclic) bond motifs is 1. The highest BCUT2D eigenvalue weighted by atomic mass is 16.5. The molecule has 3 aliphatic rings. The van der Waals surface area contributed by atoms with Crippen molar-refractivity contribution in [1.29, 1.82) is 0 Å². The second-order valence-electron chi connectivity index (χ2n) is 9.51. The average molecular weight is 388 g/mol. The van der Waals surface area contributed by atoms with E-state index in [0.29, 0.717) is 30.6 Å². The van der Waals surface area contributed by atoms with Crippen LogP contribution in [0.5, 0.6) is 11.5 Å². The first-order valence-corrected chi connectivity index (χ1v) is 10.6. The predicted molar refractivity (Wildman–Crippen MR) is 107 cm³/mol. The van der Waals surface area contributed by atoms with Gasteiger partial charge in [-0.1, -0.05) is 20.8 Å². The molecule has 2 saturated carbocycles. The predicted octanol–water partition coefficient (Wildman–Crippen LogP) is 4.20. The molecule has 2 aliphatic carbocycles.